The lowest BCUT2D eigenvalue weighted by atomic mass is 9.74. The SMILES string of the molecule is Clc1cc2ccc(-c3cccs3)nc2cc1-c1nc(C2CC(CN3CCC3)C2)n2ccncc12. The molecule has 0 radical (unpaired) electrons. The summed E-state index contributed by atoms with van der Waals surface area (Å²) in [6, 6.07) is 12.4. The van der Waals surface area contributed by atoms with E-state index < -0.39 is 0 Å². The number of hydrogen-bond acceptors (Lipinski definition) is 5. The van der Waals surface area contributed by atoms with Gasteiger partial charge in [-0.2, -0.15) is 0 Å². The van der Waals surface area contributed by atoms with Crippen molar-refractivity contribution in [2.45, 2.75) is 25.2 Å². The Labute approximate surface area is 207 Å². The molecule has 2 aliphatic rings. The maximum absolute atomic E-state index is 6.82. The van der Waals surface area contributed by atoms with Gasteiger partial charge >= 0.3 is 0 Å². The van der Waals surface area contributed by atoms with Crippen LogP contribution in [0.3, 0.4) is 0 Å². The molecule has 5 aromatic rings. The van der Waals surface area contributed by atoms with Gasteiger partial charge in [0.15, 0.2) is 0 Å². The number of hydrogen-bond donors (Lipinski definition) is 0. The maximum Gasteiger partial charge on any atom is 0.117 e. The second kappa shape index (κ2) is 8.15. The van der Waals surface area contributed by atoms with Crippen molar-refractivity contribution < 1.29 is 0 Å². The molecule has 2 fully saturated rings. The number of likely N-dealkylation sites (tertiary alicyclic amines) is 1. The van der Waals surface area contributed by atoms with Crippen LogP contribution in [-0.2, 0) is 0 Å². The average Bonchev–Trinajstić information content (AvgIpc) is 3.45. The molecular formula is C27H24ClN5S. The molecule has 34 heavy (non-hydrogen) atoms. The average molecular weight is 486 g/mol. The number of nitrogens with zero attached hydrogens (tertiary/aromatic N) is 5. The molecule has 0 N–H and O–H groups in total. The number of aromatic nitrogens is 4. The van der Waals surface area contributed by atoms with E-state index in [9.17, 15) is 0 Å². The Kier molecular flexibility index (Phi) is 4.93. The number of imidazole rings is 1. The van der Waals surface area contributed by atoms with Gasteiger partial charge in [0.1, 0.15) is 5.82 Å². The van der Waals surface area contributed by atoms with Crippen LogP contribution in [0.5, 0.6) is 0 Å². The fourth-order valence-electron chi connectivity index (χ4n) is 5.36. The van der Waals surface area contributed by atoms with Crippen LogP contribution in [0, 0.1) is 5.92 Å². The Balaban J connectivity index is 1.28. The molecule has 5 nitrogen and oxygen atoms in total. The number of benzene rings is 1. The highest BCUT2D eigenvalue weighted by Crippen LogP contribution is 2.44. The van der Waals surface area contributed by atoms with Gasteiger partial charge in [-0.3, -0.25) is 9.38 Å². The molecule has 0 atom stereocenters. The predicted molar refractivity (Wildman–Crippen MR) is 139 cm³/mol. The van der Waals surface area contributed by atoms with E-state index >= 15 is 0 Å². The van der Waals surface area contributed by atoms with Crippen molar-refractivity contribution in [2.24, 2.45) is 5.92 Å². The molecule has 1 aromatic carbocycles. The lowest BCUT2D eigenvalue weighted by molar-refractivity contribution is 0.107. The monoisotopic (exact) mass is 485 g/mol. The largest absolute Gasteiger partial charge is 0.303 e. The molecule has 4 aromatic heterocycles. The van der Waals surface area contributed by atoms with Crippen molar-refractivity contribution in [2.75, 3.05) is 19.6 Å². The third kappa shape index (κ3) is 3.44. The summed E-state index contributed by atoms with van der Waals surface area (Å²) >= 11 is 8.51. The fraction of sp³-hybridized carbons (Fsp3) is 0.296. The summed E-state index contributed by atoms with van der Waals surface area (Å²) in [7, 11) is 0. The van der Waals surface area contributed by atoms with Crippen LogP contribution in [0.25, 0.3) is 38.2 Å². The molecule has 1 aliphatic heterocycles. The Morgan fingerprint density at radius 3 is 2.79 bits per heavy atom. The summed E-state index contributed by atoms with van der Waals surface area (Å²) in [5.41, 5.74) is 4.72. The van der Waals surface area contributed by atoms with Gasteiger partial charge in [-0.1, -0.05) is 23.7 Å². The molecule has 1 saturated heterocycles. The summed E-state index contributed by atoms with van der Waals surface area (Å²) in [6.45, 7) is 3.78. The zero-order valence-electron chi connectivity index (χ0n) is 18.7. The van der Waals surface area contributed by atoms with Gasteiger partial charge in [0.05, 0.1) is 38.5 Å². The zero-order valence-corrected chi connectivity index (χ0v) is 20.3. The Morgan fingerprint density at radius 2 is 2.00 bits per heavy atom. The first kappa shape index (κ1) is 20.6. The summed E-state index contributed by atoms with van der Waals surface area (Å²) in [5.74, 6) is 2.40. The second-order valence-electron chi connectivity index (χ2n) is 9.54. The summed E-state index contributed by atoms with van der Waals surface area (Å²) < 4.78 is 2.21. The van der Waals surface area contributed by atoms with Crippen LogP contribution in [0.15, 0.2) is 60.4 Å². The van der Waals surface area contributed by atoms with Gasteiger partial charge < -0.3 is 4.90 Å². The van der Waals surface area contributed by atoms with E-state index in [1.807, 2.05) is 24.7 Å². The summed E-state index contributed by atoms with van der Waals surface area (Å²) in [6.07, 6.45) is 9.54. The minimum Gasteiger partial charge on any atom is -0.303 e. The first-order valence-corrected chi connectivity index (χ1v) is 13.2. The smallest absolute Gasteiger partial charge is 0.117 e. The normalized spacial score (nSPS) is 20.5. The van der Waals surface area contributed by atoms with Crippen LogP contribution in [-0.4, -0.2) is 43.9 Å². The number of halogens is 1. The van der Waals surface area contributed by atoms with Crippen molar-refractivity contribution in [3.8, 4) is 21.8 Å². The van der Waals surface area contributed by atoms with E-state index in [4.69, 9.17) is 21.6 Å². The van der Waals surface area contributed by atoms with E-state index in [0.29, 0.717) is 10.9 Å². The summed E-state index contributed by atoms with van der Waals surface area (Å²) in [5, 5.41) is 3.80. The van der Waals surface area contributed by atoms with E-state index in [0.717, 1.165) is 50.0 Å². The van der Waals surface area contributed by atoms with Gasteiger partial charge in [-0.25, -0.2) is 9.97 Å². The van der Waals surface area contributed by atoms with Crippen LogP contribution in [0.4, 0.5) is 0 Å². The zero-order chi connectivity index (χ0) is 22.6. The molecule has 5 heterocycles. The molecule has 0 amide bonds. The predicted octanol–water partition coefficient (Wildman–Crippen LogP) is 6.53. The lowest BCUT2D eigenvalue weighted by Gasteiger charge is -2.41. The highest BCUT2D eigenvalue weighted by atomic mass is 35.5. The summed E-state index contributed by atoms with van der Waals surface area (Å²) in [4.78, 5) is 18.3. The van der Waals surface area contributed by atoms with E-state index in [2.05, 4.69) is 50.0 Å². The molecule has 1 aliphatic carbocycles. The molecule has 0 bridgehead atoms. The number of pyridine rings is 1. The van der Waals surface area contributed by atoms with Gasteiger partial charge in [0, 0.05) is 35.8 Å². The maximum atomic E-state index is 6.82. The number of rotatable bonds is 5. The van der Waals surface area contributed by atoms with Crippen LogP contribution in [0.2, 0.25) is 5.02 Å². The van der Waals surface area contributed by atoms with Crippen LogP contribution < -0.4 is 0 Å². The van der Waals surface area contributed by atoms with E-state index in [1.165, 1.54) is 38.9 Å². The third-order valence-corrected chi connectivity index (χ3v) is 8.55. The Hall–Kier alpha value is -2.80. The molecule has 0 unspecified atom stereocenters. The standard InChI is InChI=1S/C27H24ClN5S/c28-21-13-18-4-5-22(25-3-1-10-34-25)30-23(18)14-20(21)26-24-15-29-6-9-33(24)27(31-26)19-11-17(12-19)16-32-7-2-8-32/h1,3-6,9-10,13-15,17,19H,2,7-8,11-12,16H2. The van der Waals surface area contributed by atoms with Gasteiger partial charge in [0.2, 0.25) is 0 Å². The molecular weight excluding hydrogens is 462 g/mol. The van der Waals surface area contributed by atoms with Crippen molar-refractivity contribution in [3.63, 3.8) is 0 Å². The van der Waals surface area contributed by atoms with Crippen molar-refractivity contribution in [1.29, 1.82) is 0 Å². The Bertz CT molecular complexity index is 1500. The second-order valence-corrected chi connectivity index (χ2v) is 10.9. The molecule has 1 saturated carbocycles. The van der Waals surface area contributed by atoms with Gasteiger partial charge in [-0.05, 0) is 67.9 Å². The Morgan fingerprint density at radius 1 is 1.09 bits per heavy atom. The first-order chi connectivity index (χ1) is 16.7. The molecule has 7 heteroatoms. The topological polar surface area (TPSA) is 46.3 Å². The van der Waals surface area contributed by atoms with Crippen molar-refractivity contribution in [3.05, 3.63) is 71.2 Å². The number of fused-ring (bicyclic) bond motifs is 2. The highest BCUT2D eigenvalue weighted by Gasteiger charge is 2.35. The van der Waals surface area contributed by atoms with Crippen molar-refractivity contribution in [1.82, 2.24) is 24.3 Å². The molecule has 170 valence electrons. The first-order valence-electron chi connectivity index (χ1n) is 11.9. The molecule has 7 rings (SSSR count). The number of thiophene rings is 1. The molecule has 0 spiro atoms. The quantitative estimate of drug-likeness (QED) is 0.284. The van der Waals surface area contributed by atoms with E-state index in [1.54, 1.807) is 11.3 Å². The van der Waals surface area contributed by atoms with E-state index in [-0.39, 0.29) is 0 Å². The lowest BCUT2D eigenvalue weighted by Crippen LogP contribution is -2.43. The van der Waals surface area contributed by atoms with Gasteiger partial charge in [0.25, 0.3) is 0 Å². The van der Waals surface area contributed by atoms with Crippen molar-refractivity contribution >= 4 is 39.4 Å². The van der Waals surface area contributed by atoms with Crippen LogP contribution in [0.1, 0.15) is 31.0 Å². The fourth-order valence-corrected chi connectivity index (χ4v) is 6.32. The van der Waals surface area contributed by atoms with Crippen LogP contribution >= 0.6 is 22.9 Å². The third-order valence-electron chi connectivity index (χ3n) is 7.35. The highest BCUT2D eigenvalue weighted by molar-refractivity contribution is 7.13. The minimum absolute atomic E-state index is 0.484. The minimum atomic E-state index is 0.484. The van der Waals surface area contributed by atoms with Gasteiger partial charge in [-0.15, -0.1) is 11.3 Å².